The molecule has 4 heterocycles. The van der Waals surface area contributed by atoms with Gasteiger partial charge in [0.15, 0.2) is 5.65 Å². The number of pyridine rings is 1. The number of nitrogens with one attached hydrogen (secondary N) is 1. The molecule has 1 N–H and O–H groups in total. The van der Waals surface area contributed by atoms with Crippen molar-refractivity contribution in [1.29, 1.82) is 0 Å². The number of rotatable bonds is 3. The molecule has 2 aromatic rings. The van der Waals surface area contributed by atoms with E-state index in [4.69, 9.17) is 0 Å². The highest BCUT2D eigenvalue weighted by molar-refractivity contribution is 5.94. The number of hydrogen-bond donors (Lipinski definition) is 1. The van der Waals surface area contributed by atoms with Crippen molar-refractivity contribution >= 4 is 16.9 Å². The van der Waals surface area contributed by atoms with Crippen LogP contribution in [0.2, 0.25) is 0 Å². The second-order valence-corrected chi connectivity index (χ2v) is 8.45. The predicted octanol–water partition coefficient (Wildman–Crippen LogP) is 4.90. The fourth-order valence-electron chi connectivity index (χ4n) is 4.51. The number of aromatic amines is 1. The summed E-state index contributed by atoms with van der Waals surface area (Å²) in [7, 11) is 0. The van der Waals surface area contributed by atoms with Crippen LogP contribution in [0.25, 0.3) is 11.0 Å². The lowest BCUT2D eigenvalue weighted by atomic mass is 9.89. The highest BCUT2D eigenvalue weighted by Gasteiger charge is 2.46. The number of piperidine rings is 1. The maximum Gasteiger partial charge on any atom is 0.397 e. The lowest BCUT2D eigenvalue weighted by Crippen LogP contribution is -2.41. The molecule has 0 amide bonds. The average Bonchev–Trinajstić information content (AvgIpc) is 3.10. The van der Waals surface area contributed by atoms with E-state index in [0.29, 0.717) is 34.4 Å². The summed E-state index contributed by atoms with van der Waals surface area (Å²) < 4.78 is 41.3. The maximum absolute atomic E-state index is 13.8. The van der Waals surface area contributed by atoms with Gasteiger partial charge in [-0.2, -0.15) is 18.3 Å². The first kappa shape index (κ1) is 19.9. The molecule has 5 nitrogen and oxygen atoms in total. The van der Waals surface area contributed by atoms with E-state index >= 15 is 0 Å². The molecule has 0 aliphatic carbocycles. The molecule has 3 atom stereocenters. The molecule has 2 aromatic heterocycles. The van der Waals surface area contributed by atoms with Crippen LogP contribution < -0.4 is 0 Å². The Labute approximate surface area is 168 Å². The van der Waals surface area contributed by atoms with Gasteiger partial charge in [0.25, 0.3) is 0 Å². The number of likely N-dealkylation sites (tertiary alicyclic amines) is 1. The number of dihydropyridines is 1. The minimum absolute atomic E-state index is 0.369. The van der Waals surface area contributed by atoms with Gasteiger partial charge in [-0.15, -0.1) is 0 Å². The Kier molecular flexibility index (Phi) is 5.36. The van der Waals surface area contributed by atoms with Gasteiger partial charge in [0.1, 0.15) is 17.8 Å². The molecule has 156 valence electrons. The molecule has 2 aliphatic heterocycles. The van der Waals surface area contributed by atoms with Crippen molar-refractivity contribution in [3.05, 3.63) is 36.2 Å². The summed E-state index contributed by atoms with van der Waals surface area (Å²) in [6, 6.07) is 2.35. The Morgan fingerprint density at radius 1 is 1.31 bits per heavy atom. The highest BCUT2D eigenvalue weighted by Crippen LogP contribution is 2.42. The number of alkyl halides is 3. The molecule has 8 heteroatoms. The Hall–Kier alpha value is -2.38. The first-order valence-corrected chi connectivity index (χ1v) is 10.2. The summed E-state index contributed by atoms with van der Waals surface area (Å²) >= 11 is 0. The lowest BCUT2D eigenvalue weighted by molar-refractivity contribution is -0.166. The fourth-order valence-corrected chi connectivity index (χ4v) is 4.51. The van der Waals surface area contributed by atoms with Crippen molar-refractivity contribution in [3.8, 4) is 0 Å². The molecule has 0 spiro atoms. The van der Waals surface area contributed by atoms with Crippen LogP contribution in [0.15, 0.2) is 35.5 Å². The van der Waals surface area contributed by atoms with Gasteiger partial charge in [0.05, 0.1) is 5.69 Å². The molecule has 0 saturated carbocycles. The molecule has 0 bridgehead atoms. The third-order valence-electron chi connectivity index (χ3n) is 5.74. The standard InChI is InChI=1S/C21H26F3N5/c1-13(2)11-14-5-4-10-29(12-14)17-8-7-16(21(22,23)24)19(26-17)18-15-6-3-9-25-20(15)28-27-18/h3,6-9,13-14,16,19H,4-5,10-12H2,1-2H3,(H,25,27,28). The molecule has 0 radical (unpaired) electrons. The Bertz CT molecular complexity index is 914. The van der Waals surface area contributed by atoms with Crippen molar-refractivity contribution in [2.45, 2.75) is 45.3 Å². The van der Waals surface area contributed by atoms with E-state index in [9.17, 15) is 13.2 Å². The number of aromatic nitrogens is 3. The normalized spacial score (nSPS) is 25.7. The predicted molar refractivity (Wildman–Crippen MR) is 107 cm³/mol. The van der Waals surface area contributed by atoms with Crippen LogP contribution in [0.3, 0.4) is 0 Å². The molecular formula is C21H26F3N5. The summed E-state index contributed by atoms with van der Waals surface area (Å²) in [5.74, 6) is 0.104. The van der Waals surface area contributed by atoms with Crippen LogP contribution in [0, 0.1) is 17.8 Å². The van der Waals surface area contributed by atoms with Gasteiger partial charge in [0.2, 0.25) is 0 Å². The number of nitrogens with zero attached hydrogens (tertiary/aromatic N) is 4. The molecular weight excluding hydrogens is 379 g/mol. The number of aliphatic imine (C=N–C) groups is 1. The summed E-state index contributed by atoms with van der Waals surface area (Å²) in [5, 5.41) is 7.44. The summed E-state index contributed by atoms with van der Waals surface area (Å²) in [6.45, 7) is 6.08. The number of amidine groups is 1. The van der Waals surface area contributed by atoms with E-state index in [-0.39, 0.29) is 0 Å². The highest BCUT2D eigenvalue weighted by atomic mass is 19.4. The van der Waals surface area contributed by atoms with Crippen molar-refractivity contribution in [2.75, 3.05) is 13.1 Å². The van der Waals surface area contributed by atoms with E-state index < -0.39 is 18.1 Å². The molecule has 4 rings (SSSR count). The van der Waals surface area contributed by atoms with E-state index in [1.54, 1.807) is 24.4 Å². The van der Waals surface area contributed by atoms with E-state index in [1.165, 1.54) is 6.08 Å². The van der Waals surface area contributed by atoms with Gasteiger partial charge < -0.3 is 4.90 Å². The molecule has 29 heavy (non-hydrogen) atoms. The zero-order valence-corrected chi connectivity index (χ0v) is 16.7. The van der Waals surface area contributed by atoms with Crippen LogP contribution in [0.1, 0.15) is 44.8 Å². The first-order chi connectivity index (χ1) is 13.8. The van der Waals surface area contributed by atoms with E-state index in [0.717, 1.165) is 32.4 Å². The zero-order valence-electron chi connectivity index (χ0n) is 16.7. The van der Waals surface area contributed by atoms with Crippen molar-refractivity contribution in [2.24, 2.45) is 22.7 Å². The third-order valence-corrected chi connectivity index (χ3v) is 5.74. The topological polar surface area (TPSA) is 57.2 Å². The van der Waals surface area contributed by atoms with Crippen molar-refractivity contribution in [3.63, 3.8) is 0 Å². The summed E-state index contributed by atoms with van der Waals surface area (Å²) in [4.78, 5) is 10.9. The van der Waals surface area contributed by atoms with Gasteiger partial charge in [0, 0.05) is 24.7 Å². The smallest absolute Gasteiger partial charge is 0.357 e. The van der Waals surface area contributed by atoms with Crippen LogP contribution in [0.4, 0.5) is 13.2 Å². The van der Waals surface area contributed by atoms with Crippen LogP contribution in [0.5, 0.6) is 0 Å². The van der Waals surface area contributed by atoms with Crippen molar-refractivity contribution in [1.82, 2.24) is 20.1 Å². The van der Waals surface area contributed by atoms with Crippen LogP contribution in [-0.4, -0.2) is 45.2 Å². The molecule has 0 aromatic carbocycles. The SMILES string of the molecule is CC(C)CC1CCCN(C2=NC(c3[nH]nc4ncccc34)C(C(F)(F)F)C=C2)C1. The average molecular weight is 405 g/mol. The Balaban J connectivity index is 1.67. The molecule has 1 fully saturated rings. The van der Waals surface area contributed by atoms with Crippen LogP contribution >= 0.6 is 0 Å². The van der Waals surface area contributed by atoms with Crippen molar-refractivity contribution < 1.29 is 13.2 Å². The lowest BCUT2D eigenvalue weighted by Gasteiger charge is -2.37. The number of halogens is 3. The fraction of sp³-hybridized carbons (Fsp3) is 0.571. The largest absolute Gasteiger partial charge is 0.397 e. The van der Waals surface area contributed by atoms with E-state index in [2.05, 4.69) is 38.9 Å². The van der Waals surface area contributed by atoms with E-state index in [1.807, 2.05) is 0 Å². The minimum Gasteiger partial charge on any atom is -0.357 e. The van der Waals surface area contributed by atoms with Gasteiger partial charge in [-0.1, -0.05) is 19.9 Å². The monoisotopic (exact) mass is 405 g/mol. The minimum atomic E-state index is -4.39. The molecule has 1 saturated heterocycles. The first-order valence-electron chi connectivity index (χ1n) is 10.2. The summed E-state index contributed by atoms with van der Waals surface area (Å²) in [6.07, 6.45) is 3.31. The zero-order chi connectivity index (χ0) is 20.6. The Morgan fingerprint density at radius 3 is 2.90 bits per heavy atom. The second kappa shape index (κ2) is 7.80. The third kappa shape index (κ3) is 4.16. The van der Waals surface area contributed by atoms with Crippen LogP contribution in [-0.2, 0) is 0 Å². The Morgan fingerprint density at radius 2 is 2.14 bits per heavy atom. The summed E-state index contributed by atoms with van der Waals surface area (Å²) in [5.41, 5.74) is 0.776. The molecule has 2 aliphatic rings. The van der Waals surface area contributed by atoms with Gasteiger partial charge in [-0.05, 0) is 49.3 Å². The van der Waals surface area contributed by atoms with Gasteiger partial charge >= 0.3 is 6.18 Å². The second-order valence-electron chi connectivity index (χ2n) is 8.45. The quantitative estimate of drug-likeness (QED) is 0.790. The maximum atomic E-state index is 13.8. The van der Waals surface area contributed by atoms with Gasteiger partial charge in [-0.3, -0.25) is 10.1 Å². The number of hydrogen-bond acceptors (Lipinski definition) is 4. The molecule has 3 unspecified atom stereocenters. The number of H-pyrrole nitrogens is 1. The van der Waals surface area contributed by atoms with Gasteiger partial charge in [-0.25, -0.2) is 4.98 Å². The number of fused-ring (bicyclic) bond motifs is 1.